The SMILES string of the molecule is OC[C@H]1ONC[C@@H](O)[C@H]1O. The molecule has 4 N–H and O–H groups in total. The van der Waals surface area contributed by atoms with Crippen LogP contribution in [0.4, 0.5) is 0 Å². The van der Waals surface area contributed by atoms with Gasteiger partial charge in [-0.25, -0.2) is 0 Å². The third kappa shape index (κ3) is 1.44. The van der Waals surface area contributed by atoms with Gasteiger partial charge >= 0.3 is 0 Å². The Morgan fingerprint density at radius 3 is 2.70 bits per heavy atom. The Morgan fingerprint density at radius 2 is 2.20 bits per heavy atom. The second kappa shape index (κ2) is 3.27. The summed E-state index contributed by atoms with van der Waals surface area (Å²) in [5, 5.41) is 26.6. The van der Waals surface area contributed by atoms with Crippen molar-refractivity contribution in [3.8, 4) is 0 Å². The van der Waals surface area contributed by atoms with Crippen molar-refractivity contribution in [1.29, 1.82) is 0 Å². The van der Waals surface area contributed by atoms with E-state index in [1.807, 2.05) is 0 Å². The van der Waals surface area contributed by atoms with Gasteiger partial charge in [0, 0.05) is 6.54 Å². The van der Waals surface area contributed by atoms with Crippen LogP contribution in [0.3, 0.4) is 0 Å². The molecule has 5 heteroatoms. The summed E-state index contributed by atoms with van der Waals surface area (Å²) in [6.45, 7) is -0.108. The molecule has 1 saturated heterocycles. The van der Waals surface area contributed by atoms with Crippen LogP contribution >= 0.6 is 0 Å². The van der Waals surface area contributed by atoms with E-state index < -0.39 is 18.3 Å². The van der Waals surface area contributed by atoms with E-state index in [1.165, 1.54) is 0 Å². The molecule has 10 heavy (non-hydrogen) atoms. The van der Waals surface area contributed by atoms with Crippen LogP contribution in [0.2, 0.25) is 0 Å². The highest BCUT2D eigenvalue weighted by Gasteiger charge is 2.30. The molecular weight excluding hydrogens is 138 g/mol. The Kier molecular flexibility index (Phi) is 2.58. The number of aliphatic hydroxyl groups excluding tert-OH is 3. The molecule has 1 aliphatic heterocycles. The minimum absolute atomic E-state index is 0.192. The lowest BCUT2D eigenvalue weighted by molar-refractivity contribution is -0.180. The predicted octanol–water partition coefficient (Wildman–Crippen LogP) is -2.40. The predicted molar refractivity (Wildman–Crippen MR) is 32.0 cm³/mol. The number of β-amino-alcohol motifs (C(OH)–C–C–N with tert-alkyl or cyclic N) is 1. The van der Waals surface area contributed by atoms with E-state index >= 15 is 0 Å². The van der Waals surface area contributed by atoms with Crippen LogP contribution in [0.15, 0.2) is 0 Å². The molecule has 1 rings (SSSR count). The second-order valence-electron chi connectivity index (χ2n) is 2.25. The molecular formula is C5H11NO4. The minimum Gasteiger partial charge on any atom is -0.393 e. The molecule has 3 atom stereocenters. The minimum atomic E-state index is -0.994. The molecule has 0 radical (unpaired) electrons. The Bertz CT molecular complexity index is 110. The average Bonchev–Trinajstić information content (AvgIpc) is 1.95. The van der Waals surface area contributed by atoms with E-state index in [-0.39, 0.29) is 13.2 Å². The number of aliphatic hydroxyl groups is 3. The average molecular weight is 149 g/mol. The fourth-order valence-corrected chi connectivity index (χ4v) is 0.824. The van der Waals surface area contributed by atoms with E-state index in [9.17, 15) is 0 Å². The van der Waals surface area contributed by atoms with Crippen LogP contribution < -0.4 is 5.48 Å². The van der Waals surface area contributed by atoms with Crippen molar-refractivity contribution < 1.29 is 20.2 Å². The van der Waals surface area contributed by atoms with Gasteiger partial charge in [0.2, 0.25) is 0 Å². The van der Waals surface area contributed by atoms with Crippen LogP contribution in [0.1, 0.15) is 0 Å². The molecule has 0 bridgehead atoms. The number of nitrogens with one attached hydrogen (secondary N) is 1. The third-order valence-corrected chi connectivity index (χ3v) is 1.48. The summed E-state index contributed by atoms with van der Waals surface area (Å²) in [7, 11) is 0. The van der Waals surface area contributed by atoms with Crippen molar-refractivity contribution in [2.75, 3.05) is 13.2 Å². The maximum absolute atomic E-state index is 9.06. The Balaban J connectivity index is 2.42. The fourth-order valence-electron chi connectivity index (χ4n) is 0.824. The zero-order valence-electron chi connectivity index (χ0n) is 5.40. The first-order valence-corrected chi connectivity index (χ1v) is 3.11. The van der Waals surface area contributed by atoms with Gasteiger partial charge in [-0.2, -0.15) is 5.48 Å². The molecule has 1 aliphatic rings. The van der Waals surface area contributed by atoms with Crippen molar-refractivity contribution in [1.82, 2.24) is 5.48 Å². The van der Waals surface area contributed by atoms with E-state index in [4.69, 9.17) is 20.2 Å². The summed E-state index contributed by atoms with van der Waals surface area (Å²) in [6, 6.07) is 0. The standard InChI is InChI=1S/C5H11NO4/c7-2-4-5(9)3(8)1-6-10-4/h3-9H,1-2H2/t3-,4-,5-/m1/s1. The summed E-state index contributed by atoms with van der Waals surface area (Å²) in [5.74, 6) is 0. The lowest BCUT2D eigenvalue weighted by Gasteiger charge is -2.30. The Hall–Kier alpha value is -0.200. The molecule has 0 aromatic heterocycles. The molecule has 60 valence electrons. The summed E-state index contributed by atoms with van der Waals surface area (Å²) in [4.78, 5) is 4.70. The quantitative estimate of drug-likeness (QED) is 0.334. The van der Waals surface area contributed by atoms with Gasteiger partial charge in [0.1, 0.15) is 12.2 Å². The second-order valence-corrected chi connectivity index (χ2v) is 2.25. The maximum atomic E-state index is 9.06. The monoisotopic (exact) mass is 149 g/mol. The van der Waals surface area contributed by atoms with E-state index in [2.05, 4.69) is 5.48 Å². The molecule has 0 spiro atoms. The largest absolute Gasteiger partial charge is 0.393 e. The first-order valence-electron chi connectivity index (χ1n) is 3.11. The molecule has 1 heterocycles. The molecule has 0 aromatic carbocycles. The number of rotatable bonds is 1. The lowest BCUT2D eigenvalue weighted by Crippen LogP contribution is -2.53. The van der Waals surface area contributed by atoms with Crippen LogP contribution in [0.25, 0.3) is 0 Å². The number of hydrogen-bond donors (Lipinski definition) is 4. The third-order valence-electron chi connectivity index (χ3n) is 1.48. The van der Waals surface area contributed by atoms with E-state index in [0.717, 1.165) is 0 Å². The van der Waals surface area contributed by atoms with Crippen LogP contribution in [0.5, 0.6) is 0 Å². The van der Waals surface area contributed by atoms with Crippen LogP contribution in [-0.2, 0) is 4.84 Å². The van der Waals surface area contributed by atoms with Crippen molar-refractivity contribution in [3.63, 3.8) is 0 Å². The zero-order chi connectivity index (χ0) is 7.56. The van der Waals surface area contributed by atoms with Crippen molar-refractivity contribution in [2.45, 2.75) is 18.3 Å². The normalized spacial score (nSPS) is 41.7. The molecule has 0 unspecified atom stereocenters. The van der Waals surface area contributed by atoms with Crippen molar-refractivity contribution in [2.24, 2.45) is 0 Å². The summed E-state index contributed by atoms with van der Waals surface area (Å²) in [6.07, 6.45) is -2.57. The number of hydrogen-bond acceptors (Lipinski definition) is 5. The van der Waals surface area contributed by atoms with Gasteiger partial charge in [0.25, 0.3) is 0 Å². The molecule has 1 fully saturated rings. The molecule has 0 aliphatic carbocycles. The topological polar surface area (TPSA) is 82.0 Å². The van der Waals surface area contributed by atoms with Gasteiger partial charge in [0.15, 0.2) is 0 Å². The smallest absolute Gasteiger partial charge is 0.130 e. The van der Waals surface area contributed by atoms with Crippen molar-refractivity contribution in [3.05, 3.63) is 0 Å². The lowest BCUT2D eigenvalue weighted by atomic mass is 10.1. The molecule has 0 saturated carbocycles. The first kappa shape index (κ1) is 7.90. The fraction of sp³-hybridized carbons (Fsp3) is 1.00. The molecule has 0 amide bonds. The summed E-state index contributed by atoms with van der Waals surface area (Å²) >= 11 is 0. The van der Waals surface area contributed by atoms with Gasteiger partial charge < -0.3 is 15.3 Å². The van der Waals surface area contributed by atoms with Gasteiger partial charge in [0.05, 0.1) is 12.7 Å². The zero-order valence-corrected chi connectivity index (χ0v) is 5.40. The Morgan fingerprint density at radius 1 is 1.50 bits per heavy atom. The summed E-state index contributed by atoms with van der Waals surface area (Å²) < 4.78 is 0. The summed E-state index contributed by atoms with van der Waals surface area (Å²) in [5.41, 5.74) is 2.40. The van der Waals surface area contributed by atoms with E-state index in [1.54, 1.807) is 0 Å². The van der Waals surface area contributed by atoms with Gasteiger partial charge in [-0.3, -0.25) is 4.84 Å². The highest BCUT2D eigenvalue weighted by Crippen LogP contribution is 2.06. The van der Waals surface area contributed by atoms with Gasteiger partial charge in [-0.05, 0) is 0 Å². The van der Waals surface area contributed by atoms with E-state index in [0.29, 0.717) is 0 Å². The highest BCUT2D eigenvalue weighted by molar-refractivity contribution is 4.79. The van der Waals surface area contributed by atoms with Gasteiger partial charge in [-0.15, -0.1) is 0 Å². The van der Waals surface area contributed by atoms with Crippen molar-refractivity contribution >= 4 is 0 Å². The highest BCUT2D eigenvalue weighted by atomic mass is 16.7. The van der Waals surface area contributed by atoms with Gasteiger partial charge in [-0.1, -0.05) is 0 Å². The van der Waals surface area contributed by atoms with Crippen LogP contribution in [0, 0.1) is 0 Å². The number of hydroxylamine groups is 1. The van der Waals surface area contributed by atoms with Crippen LogP contribution in [-0.4, -0.2) is 46.8 Å². The maximum Gasteiger partial charge on any atom is 0.130 e. The Labute approximate surface area is 58.2 Å². The molecule has 5 nitrogen and oxygen atoms in total. The molecule has 0 aromatic rings. The first-order chi connectivity index (χ1) is 4.75.